The molecule has 0 aliphatic carbocycles. The molecule has 3 rings (SSSR count). The standard InChI is InChI=1S/C35H48NO2P/c1-11-20-35(9,39-32-25(2)16-15-17-26(32)23-36-28-18-13-12-14-19-28)30-22-27(33(3,4)5)21-29(34(6,7)8)31(30)38-24-37-10/h12-19,21-23,39H,11,20,24H2,1-10H3. The van der Waals surface area contributed by atoms with Gasteiger partial charge in [0.2, 0.25) is 0 Å². The summed E-state index contributed by atoms with van der Waals surface area (Å²) >= 11 is 0. The topological polar surface area (TPSA) is 30.8 Å². The van der Waals surface area contributed by atoms with Crippen molar-refractivity contribution < 1.29 is 9.47 Å². The second-order valence-corrected chi connectivity index (χ2v) is 14.6. The first-order valence-corrected chi connectivity index (χ1v) is 15.1. The van der Waals surface area contributed by atoms with E-state index in [2.05, 4.69) is 92.6 Å². The van der Waals surface area contributed by atoms with Crippen molar-refractivity contribution in [3.8, 4) is 5.75 Å². The minimum atomic E-state index is -0.124. The van der Waals surface area contributed by atoms with Crippen LogP contribution in [0.5, 0.6) is 5.75 Å². The van der Waals surface area contributed by atoms with E-state index in [0.29, 0.717) is 8.58 Å². The first kappa shape index (κ1) is 31.1. The van der Waals surface area contributed by atoms with E-state index in [-0.39, 0.29) is 22.8 Å². The van der Waals surface area contributed by atoms with Gasteiger partial charge in [0.15, 0.2) is 6.79 Å². The highest BCUT2D eigenvalue weighted by Crippen LogP contribution is 2.52. The Morgan fingerprint density at radius 2 is 1.51 bits per heavy atom. The van der Waals surface area contributed by atoms with Gasteiger partial charge < -0.3 is 9.47 Å². The normalized spacial score (nSPS) is 14.3. The van der Waals surface area contributed by atoms with Crippen LogP contribution in [-0.2, 0) is 20.7 Å². The van der Waals surface area contributed by atoms with Crippen molar-refractivity contribution in [2.75, 3.05) is 13.9 Å². The third kappa shape index (κ3) is 7.80. The van der Waals surface area contributed by atoms with Gasteiger partial charge in [-0.05, 0) is 52.7 Å². The van der Waals surface area contributed by atoms with Gasteiger partial charge in [-0.15, -0.1) is 0 Å². The van der Waals surface area contributed by atoms with Crippen LogP contribution in [0, 0.1) is 6.92 Å². The van der Waals surface area contributed by atoms with E-state index in [1.807, 2.05) is 36.5 Å². The number of methoxy groups -OCH3 is 1. The van der Waals surface area contributed by atoms with Crippen LogP contribution in [0.15, 0.2) is 65.7 Å². The summed E-state index contributed by atoms with van der Waals surface area (Å²) in [7, 11) is 2.24. The highest BCUT2D eigenvalue weighted by Gasteiger charge is 2.35. The van der Waals surface area contributed by atoms with Gasteiger partial charge in [-0.3, -0.25) is 4.99 Å². The SMILES string of the molecule is CCCC(C)(Pc1c(C)cccc1C=Nc1ccccc1)c1cc(C(C)(C)C)cc(C(C)(C)C)c1OCOC. The fraction of sp³-hybridized carbons (Fsp3) is 0.457. The lowest BCUT2D eigenvalue weighted by molar-refractivity contribution is 0.0486. The lowest BCUT2D eigenvalue weighted by Crippen LogP contribution is -2.27. The third-order valence-corrected chi connectivity index (χ3v) is 9.25. The minimum absolute atomic E-state index is 0.0148. The predicted molar refractivity (Wildman–Crippen MR) is 171 cm³/mol. The summed E-state index contributed by atoms with van der Waals surface area (Å²) in [6.07, 6.45) is 4.16. The van der Waals surface area contributed by atoms with Crippen molar-refractivity contribution >= 4 is 25.8 Å². The van der Waals surface area contributed by atoms with E-state index < -0.39 is 0 Å². The molecule has 3 aromatic rings. The second-order valence-electron chi connectivity index (χ2n) is 12.8. The van der Waals surface area contributed by atoms with E-state index in [4.69, 9.17) is 14.5 Å². The molecule has 0 bridgehead atoms. The molecule has 0 N–H and O–H groups in total. The average Bonchev–Trinajstić information content (AvgIpc) is 2.87. The Kier molecular flexibility index (Phi) is 10.2. The smallest absolute Gasteiger partial charge is 0.188 e. The molecule has 0 spiro atoms. The number of benzene rings is 3. The molecule has 0 saturated carbocycles. The zero-order valence-corrected chi connectivity index (χ0v) is 26.7. The zero-order valence-electron chi connectivity index (χ0n) is 25.7. The summed E-state index contributed by atoms with van der Waals surface area (Å²) in [6, 6.07) is 21.5. The molecule has 210 valence electrons. The largest absolute Gasteiger partial charge is 0.467 e. The third-order valence-electron chi connectivity index (χ3n) is 7.24. The van der Waals surface area contributed by atoms with Gasteiger partial charge in [-0.1, -0.05) is 119 Å². The van der Waals surface area contributed by atoms with Crippen LogP contribution in [0.25, 0.3) is 0 Å². The molecular formula is C35H48NO2P. The average molecular weight is 546 g/mol. The van der Waals surface area contributed by atoms with Gasteiger partial charge in [0.05, 0.1) is 5.69 Å². The fourth-order valence-corrected chi connectivity index (χ4v) is 6.79. The summed E-state index contributed by atoms with van der Waals surface area (Å²) in [5.74, 6) is 0.980. The molecule has 0 saturated heterocycles. The Morgan fingerprint density at radius 1 is 0.846 bits per heavy atom. The summed E-state index contributed by atoms with van der Waals surface area (Å²) in [6.45, 7) is 20.9. The summed E-state index contributed by atoms with van der Waals surface area (Å²) < 4.78 is 11.9. The Morgan fingerprint density at radius 3 is 2.10 bits per heavy atom. The number of ether oxygens (including phenoxy) is 2. The van der Waals surface area contributed by atoms with Crippen LogP contribution in [0.4, 0.5) is 5.69 Å². The van der Waals surface area contributed by atoms with E-state index in [9.17, 15) is 0 Å². The molecule has 0 heterocycles. The molecule has 0 amide bonds. The lowest BCUT2D eigenvalue weighted by Gasteiger charge is -2.37. The Balaban J connectivity index is 2.25. The molecule has 39 heavy (non-hydrogen) atoms. The van der Waals surface area contributed by atoms with Crippen LogP contribution >= 0.6 is 8.58 Å². The maximum Gasteiger partial charge on any atom is 0.188 e. The molecule has 0 fully saturated rings. The first-order valence-electron chi connectivity index (χ1n) is 14.1. The maximum atomic E-state index is 6.46. The maximum absolute atomic E-state index is 6.46. The van der Waals surface area contributed by atoms with E-state index in [1.54, 1.807) is 7.11 Å². The minimum Gasteiger partial charge on any atom is -0.467 e. The van der Waals surface area contributed by atoms with Crippen LogP contribution < -0.4 is 10.0 Å². The fourth-order valence-electron chi connectivity index (χ4n) is 4.97. The second kappa shape index (κ2) is 12.8. The number of hydrogen-bond acceptors (Lipinski definition) is 3. The van der Waals surface area contributed by atoms with Crippen LogP contribution in [0.1, 0.15) is 96.0 Å². The highest BCUT2D eigenvalue weighted by atomic mass is 31.1. The molecule has 2 atom stereocenters. The highest BCUT2D eigenvalue weighted by molar-refractivity contribution is 7.49. The van der Waals surface area contributed by atoms with Crippen molar-refractivity contribution in [2.24, 2.45) is 4.99 Å². The van der Waals surface area contributed by atoms with Gasteiger partial charge >= 0.3 is 0 Å². The van der Waals surface area contributed by atoms with Crippen LogP contribution in [0.3, 0.4) is 0 Å². The van der Waals surface area contributed by atoms with Crippen LogP contribution in [0.2, 0.25) is 0 Å². The molecule has 4 heteroatoms. The molecule has 0 aliphatic rings. The van der Waals surface area contributed by atoms with Gasteiger partial charge in [-0.2, -0.15) is 0 Å². The Bertz CT molecular complexity index is 1270. The van der Waals surface area contributed by atoms with Gasteiger partial charge in [-0.25, -0.2) is 0 Å². The Hall–Kier alpha value is -2.48. The summed E-state index contributed by atoms with van der Waals surface area (Å²) in [4.78, 5) is 4.82. The van der Waals surface area contributed by atoms with Crippen molar-refractivity contribution in [3.05, 3.63) is 88.5 Å². The van der Waals surface area contributed by atoms with Crippen molar-refractivity contribution in [3.63, 3.8) is 0 Å². The summed E-state index contributed by atoms with van der Waals surface area (Å²) in [5, 5.41) is 1.24. The number of rotatable bonds is 10. The number of para-hydroxylation sites is 1. The van der Waals surface area contributed by atoms with Gasteiger partial charge in [0.1, 0.15) is 5.75 Å². The molecule has 0 radical (unpaired) electrons. The van der Waals surface area contributed by atoms with Gasteiger partial charge in [0, 0.05) is 35.2 Å². The molecule has 3 aromatic carbocycles. The van der Waals surface area contributed by atoms with E-state index in [0.717, 1.165) is 24.3 Å². The number of hydrogen-bond donors (Lipinski definition) is 0. The zero-order chi connectivity index (χ0) is 28.8. The monoisotopic (exact) mass is 545 g/mol. The molecular weight excluding hydrogens is 497 g/mol. The van der Waals surface area contributed by atoms with Crippen LogP contribution in [-0.4, -0.2) is 20.1 Å². The first-order chi connectivity index (χ1) is 18.3. The quantitative estimate of drug-likeness (QED) is 0.144. The van der Waals surface area contributed by atoms with Gasteiger partial charge in [0.25, 0.3) is 0 Å². The summed E-state index contributed by atoms with van der Waals surface area (Å²) in [5.41, 5.74) is 7.25. The van der Waals surface area contributed by atoms with E-state index in [1.165, 1.54) is 33.1 Å². The number of aryl methyl sites for hydroxylation is 1. The number of aliphatic imine (C=N–C) groups is 1. The molecule has 0 aromatic heterocycles. The van der Waals surface area contributed by atoms with Crippen molar-refractivity contribution in [1.29, 1.82) is 0 Å². The van der Waals surface area contributed by atoms with Crippen molar-refractivity contribution in [1.82, 2.24) is 0 Å². The molecule has 2 unspecified atom stereocenters. The number of nitrogens with zero attached hydrogens (tertiary/aromatic N) is 1. The van der Waals surface area contributed by atoms with Crippen molar-refractivity contribution in [2.45, 2.75) is 91.1 Å². The lowest BCUT2D eigenvalue weighted by atomic mass is 9.77. The van der Waals surface area contributed by atoms with E-state index >= 15 is 0 Å². The molecule has 3 nitrogen and oxygen atoms in total. The molecule has 0 aliphatic heterocycles. The predicted octanol–water partition coefficient (Wildman–Crippen LogP) is 9.34. The Labute approximate surface area is 239 Å².